The van der Waals surface area contributed by atoms with Gasteiger partial charge in [0.1, 0.15) is 0 Å². The van der Waals surface area contributed by atoms with E-state index in [1.54, 1.807) is 0 Å². The van der Waals surface area contributed by atoms with Gasteiger partial charge in [0.05, 0.1) is 6.42 Å². The number of carboxylic acids is 1. The molecule has 1 unspecified atom stereocenters. The van der Waals surface area contributed by atoms with Gasteiger partial charge in [0.2, 0.25) is 0 Å². The number of carboxylic acid groups (broad SMARTS) is 1. The minimum Gasteiger partial charge on any atom is -0.481 e. The van der Waals surface area contributed by atoms with Gasteiger partial charge in [-0.05, 0) is 19.3 Å². The minimum absolute atomic E-state index is 0.0703. The third-order valence-corrected chi connectivity index (χ3v) is 3.86. The van der Waals surface area contributed by atoms with Crippen LogP contribution in [-0.4, -0.2) is 28.9 Å². The van der Waals surface area contributed by atoms with Crippen molar-refractivity contribution in [2.75, 3.05) is 0 Å². The van der Waals surface area contributed by atoms with E-state index in [-0.39, 0.29) is 11.4 Å². The zero-order valence-electron chi connectivity index (χ0n) is 15.1. The summed E-state index contributed by atoms with van der Waals surface area (Å²) in [5.41, 5.74) is -0.125. The highest BCUT2D eigenvalue weighted by atomic mass is 16.5. The van der Waals surface area contributed by atoms with E-state index in [9.17, 15) is 14.4 Å². The topological polar surface area (TPSA) is 80.7 Å². The van der Waals surface area contributed by atoms with Crippen molar-refractivity contribution < 1.29 is 24.2 Å². The molecule has 0 saturated heterocycles. The second kappa shape index (κ2) is 13.8. The van der Waals surface area contributed by atoms with Crippen LogP contribution in [0.3, 0.4) is 0 Å². The summed E-state index contributed by atoms with van der Waals surface area (Å²) in [6.07, 6.45) is 7.60. The standard InChI is InChI=1S/C19H32O5/c1-4-6-8-10-12-16(20)17(13-11-9-7-5-2)24-19(23)15(3)14-18(21)22/h17H,3-14H2,1-2H3,(H,21,22). The Morgan fingerprint density at radius 3 is 2.08 bits per heavy atom. The largest absolute Gasteiger partial charge is 0.481 e. The number of carbonyl (C=O) groups excluding carboxylic acids is 2. The highest BCUT2D eigenvalue weighted by Crippen LogP contribution is 2.15. The molecular weight excluding hydrogens is 308 g/mol. The van der Waals surface area contributed by atoms with Crippen LogP contribution in [0.1, 0.15) is 84.5 Å². The molecule has 0 aliphatic heterocycles. The summed E-state index contributed by atoms with van der Waals surface area (Å²) in [6.45, 7) is 7.65. The van der Waals surface area contributed by atoms with Crippen molar-refractivity contribution in [1.82, 2.24) is 0 Å². The Morgan fingerprint density at radius 2 is 1.54 bits per heavy atom. The second-order valence-corrected chi connectivity index (χ2v) is 6.19. The Kier molecular flexibility index (Phi) is 12.8. The van der Waals surface area contributed by atoms with E-state index >= 15 is 0 Å². The van der Waals surface area contributed by atoms with Gasteiger partial charge in [-0.2, -0.15) is 0 Å². The van der Waals surface area contributed by atoms with Crippen LogP contribution in [0.15, 0.2) is 12.2 Å². The maximum atomic E-state index is 12.3. The van der Waals surface area contributed by atoms with Crippen molar-refractivity contribution in [2.24, 2.45) is 0 Å². The van der Waals surface area contributed by atoms with Crippen LogP contribution < -0.4 is 0 Å². The van der Waals surface area contributed by atoms with E-state index in [0.717, 1.165) is 51.4 Å². The first-order chi connectivity index (χ1) is 11.4. The highest BCUT2D eigenvalue weighted by Gasteiger charge is 2.24. The molecule has 0 radical (unpaired) electrons. The average molecular weight is 340 g/mol. The van der Waals surface area contributed by atoms with Gasteiger partial charge in [-0.25, -0.2) is 4.79 Å². The third-order valence-electron chi connectivity index (χ3n) is 3.86. The Balaban J connectivity index is 4.54. The molecule has 0 fully saturated rings. The fraction of sp³-hybridized carbons (Fsp3) is 0.737. The number of ether oxygens (including phenoxy) is 1. The molecule has 138 valence electrons. The molecule has 5 nitrogen and oxygen atoms in total. The first-order valence-corrected chi connectivity index (χ1v) is 9.05. The molecule has 0 rings (SSSR count). The molecule has 0 aromatic rings. The summed E-state index contributed by atoms with van der Waals surface area (Å²) >= 11 is 0. The van der Waals surface area contributed by atoms with Crippen molar-refractivity contribution in [3.05, 3.63) is 12.2 Å². The van der Waals surface area contributed by atoms with Crippen molar-refractivity contribution in [3.63, 3.8) is 0 Å². The molecule has 0 heterocycles. The first kappa shape index (κ1) is 22.4. The van der Waals surface area contributed by atoms with E-state index in [4.69, 9.17) is 9.84 Å². The normalized spacial score (nSPS) is 11.8. The molecule has 0 aliphatic carbocycles. The Bertz CT molecular complexity index is 414. The predicted octanol–water partition coefficient (Wildman–Crippen LogP) is 4.44. The van der Waals surface area contributed by atoms with E-state index < -0.39 is 24.5 Å². The quantitative estimate of drug-likeness (QED) is 0.271. The van der Waals surface area contributed by atoms with Crippen LogP contribution >= 0.6 is 0 Å². The van der Waals surface area contributed by atoms with E-state index in [1.165, 1.54) is 0 Å². The van der Waals surface area contributed by atoms with Gasteiger partial charge in [0.25, 0.3) is 0 Å². The second-order valence-electron chi connectivity index (χ2n) is 6.19. The van der Waals surface area contributed by atoms with Crippen molar-refractivity contribution in [3.8, 4) is 0 Å². The lowest BCUT2D eigenvalue weighted by Crippen LogP contribution is -2.28. The lowest BCUT2D eigenvalue weighted by molar-refractivity contribution is -0.153. The number of rotatable bonds is 15. The number of hydrogen-bond acceptors (Lipinski definition) is 4. The number of carbonyl (C=O) groups is 3. The van der Waals surface area contributed by atoms with Crippen molar-refractivity contribution in [2.45, 2.75) is 90.6 Å². The smallest absolute Gasteiger partial charge is 0.334 e. The van der Waals surface area contributed by atoms with Gasteiger partial charge in [0, 0.05) is 12.0 Å². The lowest BCUT2D eigenvalue weighted by atomic mass is 10.0. The highest BCUT2D eigenvalue weighted by molar-refractivity contribution is 5.95. The van der Waals surface area contributed by atoms with Crippen LogP contribution in [0.4, 0.5) is 0 Å². The van der Waals surface area contributed by atoms with Gasteiger partial charge in [-0.1, -0.05) is 59.0 Å². The lowest BCUT2D eigenvalue weighted by Gasteiger charge is -2.17. The van der Waals surface area contributed by atoms with Crippen molar-refractivity contribution in [1.29, 1.82) is 0 Å². The zero-order chi connectivity index (χ0) is 18.4. The fourth-order valence-corrected chi connectivity index (χ4v) is 2.40. The number of unbranched alkanes of at least 4 members (excludes halogenated alkanes) is 6. The molecule has 0 aromatic heterocycles. The predicted molar refractivity (Wildman–Crippen MR) is 93.8 cm³/mol. The summed E-state index contributed by atoms with van der Waals surface area (Å²) in [4.78, 5) is 34.9. The molecule has 1 atom stereocenters. The van der Waals surface area contributed by atoms with Crippen LogP contribution in [0.25, 0.3) is 0 Å². The van der Waals surface area contributed by atoms with Crippen molar-refractivity contribution >= 4 is 17.7 Å². The number of esters is 1. The molecular formula is C19H32O5. The van der Waals surface area contributed by atoms with E-state index in [1.807, 2.05) is 0 Å². The maximum Gasteiger partial charge on any atom is 0.334 e. The van der Waals surface area contributed by atoms with Gasteiger partial charge >= 0.3 is 11.9 Å². The minimum atomic E-state index is -1.14. The van der Waals surface area contributed by atoms with Gasteiger partial charge in [-0.15, -0.1) is 0 Å². The zero-order valence-corrected chi connectivity index (χ0v) is 15.1. The van der Waals surface area contributed by atoms with Crippen LogP contribution in [0.2, 0.25) is 0 Å². The molecule has 0 aliphatic rings. The summed E-state index contributed by atoms with van der Waals surface area (Å²) < 4.78 is 5.26. The summed E-state index contributed by atoms with van der Waals surface area (Å²) in [5.74, 6) is -1.98. The van der Waals surface area contributed by atoms with Gasteiger partial charge in [-0.3, -0.25) is 9.59 Å². The van der Waals surface area contributed by atoms with Gasteiger partial charge < -0.3 is 9.84 Å². The Labute approximate surface area is 145 Å². The van der Waals surface area contributed by atoms with Gasteiger partial charge in [0.15, 0.2) is 11.9 Å². The SMILES string of the molecule is C=C(CC(=O)O)C(=O)OC(CCCCCC)C(=O)CCCCCC. The Hall–Kier alpha value is -1.65. The average Bonchev–Trinajstić information content (AvgIpc) is 2.53. The molecule has 1 N–H and O–H groups in total. The number of ketones is 1. The number of Topliss-reactive ketones (excluding diaryl/α,β-unsaturated/α-hetero) is 1. The summed E-state index contributed by atoms with van der Waals surface area (Å²) in [7, 11) is 0. The van der Waals surface area contributed by atoms with Crippen LogP contribution in [0, 0.1) is 0 Å². The summed E-state index contributed by atoms with van der Waals surface area (Å²) in [6, 6.07) is 0. The Morgan fingerprint density at radius 1 is 0.958 bits per heavy atom. The number of aliphatic carboxylic acids is 1. The van der Waals surface area contributed by atoms with Crippen LogP contribution in [-0.2, 0) is 19.1 Å². The first-order valence-electron chi connectivity index (χ1n) is 9.05. The molecule has 0 saturated carbocycles. The third kappa shape index (κ3) is 11.0. The molecule has 0 aromatic carbocycles. The monoisotopic (exact) mass is 340 g/mol. The fourth-order valence-electron chi connectivity index (χ4n) is 2.40. The number of hydrogen-bond donors (Lipinski definition) is 1. The molecule has 0 bridgehead atoms. The molecule has 0 amide bonds. The molecule has 24 heavy (non-hydrogen) atoms. The summed E-state index contributed by atoms with van der Waals surface area (Å²) in [5, 5.41) is 8.71. The molecule has 0 spiro atoms. The van der Waals surface area contributed by atoms with Crippen LogP contribution in [0.5, 0.6) is 0 Å². The maximum absolute atomic E-state index is 12.3. The van der Waals surface area contributed by atoms with E-state index in [2.05, 4.69) is 20.4 Å². The van der Waals surface area contributed by atoms with E-state index in [0.29, 0.717) is 12.8 Å². The molecule has 5 heteroatoms.